The molecule has 108 valence electrons. The van der Waals surface area contributed by atoms with Crippen LogP contribution in [0.4, 0.5) is 0 Å². The van der Waals surface area contributed by atoms with E-state index in [1.54, 1.807) is 0 Å². The van der Waals surface area contributed by atoms with E-state index in [1.165, 1.54) is 25.7 Å². The van der Waals surface area contributed by atoms with Crippen LogP contribution in [-0.2, 0) is 4.74 Å². The number of rotatable bonds is 7. The lowest BCUT2D eigenvalue weighted by Crippen LogP contribution is -2.49. The Morgan fingerprint density at radius 3 is 2.56 bits per heavy atom. The fraction of sp³-hybridized carbons (Fsp3) is 1.00. The molecule has 0 aliphatic heterocycles. The summed E-state index contributed by atoms with van der Waals surface area (Å²) in [7, 11) is 0. The van der Waals surface area contributed by atoms with Crippen LogP contribution in [0.25, 0.3) is 0 Å². The lowest BCUT2D eigenvalue weighted by molar-refractivity contribution is -0.0495. The van der Waals surface area contributed by atoms with Gasteiger partial charge in [0.25, 0.3) is 0 Å². The van der Waals surface area contributed by atoms with Crippen molar-refractivity contribution in [1.29, 1.82) is 0 Å². The molecule has 0 aromatic heterocycles. The summed E-state index contributed by atoms with van der Waals surface area (Å²) in [5.74, 6) is 2.22. The summed E-state index contributed by atoms with van der Waals surface area (Å²) in [4.78, 5) is 0. The molecule has 0 spiro atoms. The first kappa shape index (κ1) is 16.0. The predicted octanol–water partition coefficient (Wildman–Crippen LogP) is 3.85. The number of ether oxygens (including phenoxy) is 1. The van der Waals surface area contributed by atoms with Gasteiger partial charge in [-0.1, -0.05) is 41.0 Å². The highest BCUT2D eigenvalue weighted by molar-refractivity contribution is 4.88. The van der Waals surface area contributed by atoms with E-state index in [0.29, 0.717) is 24.0 Å². The normalized spacial score (nSPS) is 34.5. The maximum absolute atomic E-state index is 6.26. The summed E-state index contributed by atoms with van der Waals surface area (Å²) >= 11 is 0. The number of hydrogen-bond acceptors (Lipinski definition) is 2. The zero-order valence-corrected chi connectivity index (χ0v) is 13.0. The Kier molecular flexibility index (Phi) is 7.25. The summed E-state index contributed by atoms with van der Waals surface area (Å²) in [6.45, 7) is 13.5. The van der Waals surface area contributed by atoms with Gasteiger partial charge in [0, 0.05) is 12.6 Å². The third-order valence-corrected chi connectivity index (χ3v) is 4.21. The molecule has 0 aromatic rings. The molecule has 5 atom stereocenters. The number of nitrogens with one attached hydrogen (secondary N) is 1. The Balaban J connectivity index is 2.47. The molecule has 1 saturated carbocycles. The summed E-state index contributed by atoms with van der Waals surface area (Å²) in [5.41, 5.74) is 0. The molecule has 2 heteroatoms. The Morgan fingerprint density at radius 1 is 1.22 bits per heavy atom. The standard InChI is InChI=1S/C16H33NO/c1-6-8-12(3)11-18-16-14(5)9-13(4)10-15(16)17-7-2/h12-17H,6-11H2,1-5H3. The van der Waals surface area contributed by atoms with Gasteiger partial charge in [-0.05, 0) is 43.6 Å². The van der Waals surface area contributed by atoms with Gasteiger partial charge in [0.15, 0.2) is 0 Å². The predicted molar refractivity (Wildman–Crippen MR) is 78.8 cm³/mol. The summed E-state index contributed by atoms with van der Waals surface area (Å²) < 4.78 is 6.26. The molecule has 1 aliphatic rings. The van der Waals surface area contributed by atoms with E-state index in [1.807, 2.05) is 0 Å². The summed E-state index contributed by atoms with van der Waals surface area (Å²) in [6, 6.07) is 0.558. The maximum atomic E-state index is 6.26. The molecule has 0 aromatic carbocycles. The van der Waals surface area contributed by atoms with Crippen LogP contribution in [0, 0.1) is 17.8 Å². The third kappa shape index (κ3) is 4.89. The highest BCUT2D eigenvalue weighted by Gasteiger charge is 2.34. The SMILES string of the molecule is CCCC(C)COC1C(C)CC(C)CC1NCC. The fourth-order valence-corrected chi connectivity index (χ4v) is 3.42. The van der Waals surface area contributed by atoms with Gasteiger partial charge in [-0.3, -0.25) is 0 Å². The minimum absolute atomic E-state index is 0.417. The van der Waals surface area contributed by atoms with Gasteiger partial charge in [-0.2, -0.15) is 0 Å². The molecule has 0 bridgehead atoms. The van der Waals surface area contributed by atoms with E-state index >= 15 is 0 Å². The minimum Gasteiger partial charge on any atom is -0.376 e. The molecule has 0 amide bonds. The average Bonchev–Trinajstić information content (AvgIpc) is 2.28. The van der Waals surface area contributed by atoms with Crippen LogP contribution in [-0.4, -0.2) is 25.3 Å². The van der Waals surface area contributed by atoms with Gasteiger partial charge in [-0.25, -0.2) is 0 Å². The molecule has 1 fully saturated rings. The second-order valence-corrected chi connectivity index (χ2v) is 6.41. The van der Waals surface area contributed by atoms with Crippen molar-refractivity contribution < 1.29 is 4.74 Å². The van der Waals surface area contributed by atoms with Crippen molar-refractivity contribution in [2.75, 3.05) is 13.2 Å². The monoisotopic (exact) mass is 255 g/mol. The molecule has 2 nitrogen and oxygen atoms in total. The zero-order chi connectivity index (χ0) is 13.5. The van der Waals surface area contributed by atoms with E-state index in [0.717, 1.165) is 19.1 Å². The molecular weight excluding hydrogens is 222 g/mol. The second-order valence-electron chi connectivity index (χ2n) is 6.41. The topological polar surface area (TPSA) is 21.3 Å². The molecule has 1 rings (SSSR count). The average molecular weight is 255 g/mol. The minimum atomic E-state index is 0.417. The van der Waals surface area contributed by atoms with Gasteiger partial charge in [0.1, 0.15) is 0 Å². The van der Waals surface area contributed by atoms with Gasteiger partial charge < -0.3 is 10.1 Å². The van der Waals surface area contributed by atoms with Crippen LogP contribution >= 0.6 is 0 Å². The van der Waals surface area contributed by atoms with Crippen LogP contribution in [0.2, 0.25) is 0 Å². The van der Waals surface area contributed by atoms with E-state index in [4.69, 9.17) is 4.74 Å². The Morgan fingerprint density at radius 2 is 1.94 bits per heavy atom. The Labute approximate surface area is 114 Å². The molecule has 0 radical (unpaired) electrons. The molecule has 18 heavy (non-hydrogen) atoms. The largest absolute Gasteiger partial charge is 0.376 e. The van der Waals surface area contributed by atoms with Crippen molar-refractivity contribution in [1.82, 2.24) is 5.32 Å². The molecule has 0 saturated heterocycles. The quantitative estimate of drug-likeness (QED) is 0.746. The van der Waals surface area contributed by atoms with E-state index in [9.17, 15) is 0 Å². The maximum Gasteiger partial charge on any atom is 0.0753 e. The third-order valence-electron chi connectivity index (χ3n) is 4.21. The lowest BCUT2D eigenvalue weighted by Gasteiger charge is -2.40. The van der Waals surface area contributed by atoms with Crippen molar-refractivity contribution >= 4 is 0 Å². The van der Waals surface area contributed by atoms with Gasteiger partial charge in [0.05, 0.1) is 6.10 Å². The number of likely N-dealkylation sites (N-methyl/N-ethyl adjacent to an activating group) is 1. The van der Waals surface area contributed by atoms with Crippen LogP contribution in [0.1, 0.15) is 60.3 Å². The van der Waals surface area contributed by atoms with Crippen LogP contribution < -0.4 is 5.32 Å². The number of hydrogen-bond donors (Lipinski definition) is 1. The molecule has 1 N–H and O–H groups in total. The van der Waals surface area contributed by atoms with Crippen LogP contribution in [0.5, 0.6) is 0 Å². The fourth-order valence-electron chi connectivity index (χ4n) is 3.42. The molecule has 1 aliphatic carbocycles. The van der Waals surface area contributed by atoms with E-state index in [-0.39, 0.29) is 0 Å². The van der Waals surface area contributed by atoms with Crippen LogP contribution in [0.15, 0.2) is 0 Å². The van der Waals surface area contributed by atoms with Crippen molar-refractivity contribution in [2.45, 2.75) is 72.4 Å². The Hall–Kier alpha value is -0.0800. The summed E-state index contributed by atoms with van der Waals surface area (Å²) in [5, 5.41) is 3.63. The highest BCUT2D eigenvalue weighted by Crippen LogP contribution is 2.31. The summed E-state index contributed by atoms with van der Waals surface area (Å²) in [6.07, 6.45) is 5.54. The lowest BCUT2D eigenvalue weighted by atomic mass is 9.78. The zero-order valence-electron chi connectivity index (χ0n) is 13.0. The van der Waals surface area contributed by atoms with E-state index in [2.05, 4.69) is 39.9 Å². The first-order valence-electron chi connectivity index (χ1n) is 7.93. The van der Waals surface area contributed by atoms with Crippen molar-refractivity contribution in [3.8, 4) is 0 Å². The van der Waals surface area contributed by atoms with Crippen LogP contribution in [0.3, 0.4) is 0 Å². The molecule has 0 heterocycles. The van der Waals surface area contributed by atoms with Gasteiger partial charge in [0.2, 0.25) is 0 Å². The van der Waals surface area contributed by atoms with Crippen molar-refractivity contribution in [3.05, 3.63) is 0 Å². The van der Waals surface area contributed by atoms with Crippen molar-refractivity contribution in [2.24, 2.45) is 17.8 Å². The Bertz CT molecular complexity index is 219. The smallest absolute Gasteiger partial charge is 0.0753 e. The molecular formula is C16H33NO. The van der Waals surface area contributed by atoms with E-state index < -0.39 is 0 Å². The second kappa shape index (κ2) is 8.16. The molecule has 5 unspecified atom stereocenters. The van der Waals surface area contributed by atoms with Gasteiger partial charge >= 0.3 is 0 Å². The first-order valence-corrected chi connectivity index (χ1v) is 7.93. The van der Waals surface area contributed by atoms with Gasteiger partial charge in [-0.15, -0.1) is 0 Å². The van der Waals surface area contributed by atoms with Crippen molar-refractivity contribution in [3.63, 3.8) is 0 Å². The highest BCUT2D eigenvalue weighted by atomic mass is 16.5. The first-order chi connectivity index (χ1) is 8.58.